The Morgan fingerprint density at radius 2 is 1.93 bits per heavy atom. The normalized spacial score (nSPS) is 14.3. The Hall–Kier alpha value is -0.790. The van der Waals surface area contributed by atoms with Gasteiger partial charge in [-0.25, -0.2) is 4.98 Å². The number of amides is 1. The van der Waals surface area contributed by atoms with Gasteiger partial charge in [0.05, 0.1) is 10.7 Å². The van der Waals surface area contributed by atoms with Gasteiger partial charge in [-0.05, 0) is 63.0 Å². The highest BCUT2D eigenvalue weighted by Crippen LogP contribution is 2.25. The van der Waals surface area contributed by atoms with Gasteiger partial charge >= 0.3 is 0 Å². The summed E-state index contributed by atoms with van der Waals surface area (Å²) in [6, 6.07) is 8.02. The molecule has 0 bridgehead atoms. The second kappa shape index (κ2) is 12.7. The van der Waals surface area contributed by atoms with Gasteiger partial charge in [0.1, 0.15) is 0 Å². The number of likely N-dealkylation sites (tertiary alicyclic amines) is 1. The number of carbonyl (C=O) groups excluding carboxylic acids is 1. The van der Waals surface area contributed by atoms with Crippen molar-refractivity contribution in [1.82, 2.24) is 15.2 Å². The lowest BCUT2D eigenvalue weighted by atomic mass is 9.96. The molecule has 2 aromatic rings. The van der Waals surface area contributed by atoms with Crippen LogP contribution in [0.4, 0.5) is 0 Å². The van der Waals surface area contributed by atoms with E-state index in [1.165, 1.54) is 4.90 Å². The minimum absolute atomic E-state index is 0. The predicted molar refractivity (Wildman–Crippen MR) is 125 cm³/mol. The van der Waals surface area contributed by atoms with Crippen LogP contribution in [0, 0.1) is 12.8 Å². The molecule has 0 atom stereocenters. The summed E-state index contributed by atoms with van der Waals surface area (Å²) in [4.78, 5) is 20.4. The average Bonchev–Trinajstić information content (AvgIpc) is 3.10. The smallest absolute Gasteiger partial charge is 0.253 e. The molecule has 0 aliphatic carbocycles. The Kier molecular flexibility index (Phi) is 11.5. The molecule has 0 saturated carbocycles. The minimum Gasteiger partial charge on any atom is -0.339 e. The SMILES string of the molecule is CCNCC1CCN(C(=O)c2ccc(SCc3csc(C)n3)cc2)CC1.Cl.Cl. The van der Waals surface area contributed by atoms with E-state index in [0.29, 0.717) is 5.92 Å². The molecule has 1 amide bonds. The van der Waals surface area contributed by atoms with Crippen LogP contribution in [0.1, 0.15) is 40.8 Å². The molecule has 3 rings (SSSR count). The molecule has 1 N–H and O–H groups in total. The van der Waals surface area contributed by atoms with E-state index in [2.05, 4.69) is 34.7 Å². The fraction of sp³-hybridized carbons (Fsp3) is 0.500. The molecule has 2 heterocycles. The molecular formula is C20H29Cl2N3OS2. The largest absolute Gasteiger partial charge is 0.339 e. The molecule has 4 nitrogen and oxygen atoms in total. The zero-order valence-corrected chi connectivity index (χ0v) is 19.6. The molecule has 1 aliphatic rings. The molecule has 1 aliphatic heterocycles. The lowest BCUT2D eigenvalue weighted by Gasteiger charge is -2.32. The summed E-state index contributed by atoms with van der Waals surface area (Å²) in [5, 5.41) is 6.63. The highest BCUT2D eigenvalue weighted by atomic mass is 35.5. The van der Waals surface area contributed by atoms with Gasteiger partial charge in [0.2, 0.25) is 0 Å². The number of hydrogen-bond donors (Lipinski definition) is 1. The van der Waals surface area contributed by atoms with Crippen LogP contribution < -0.4 is 5.32 Å². The highest BCUT2D eigenvalue weighted by molar-refractivity contribution is 7.98. The summed E-state index contributed by atoms with van der Waals surface area (Å²) >= 11 is 3.45. The van der Waals surface area contributed by atoms with E-state index in [9.17, 15) is 4.79 Å². The van der Waals surface area contributed by atoms with Crippen molar-refractivity contribution >= 4 is 53.8 Å². The van der Waals surface area contributed by atoms with E-state index in [1.54, 1.807) is 23.1 Å². The summed E-state index contributed by atoms with van der Waals surface area (Å²) in [5.41, 5.74) is 1.92. The Bertz CT molecular complexity index is 716. The predicted octanol–water partition coefficient (Wildman–Crippen LogP) is 5.05. The van der Waals surface area contributed by atoms with Crippen LogP contribution in [0.3, 0.4) is 0 Å². The molecule has 28 heavy (non-hydrogen) atoms. The topological polar surface area (TPSA) is 45.2 Å². The number of aryl methyl sites for hydroxylation is 1. The summed E-state index contributed by atoms with van der Waals surface area (Å²) < 4.78 is 0. The van der Waals surface area contributed by atoms with Crippen LogP contribution in [0.2, 0.25) is 0 Å². The number of rotatable bonds is 7. The van der Waals surface area contributed by atoms with Gasteiger partial charge in [-0.2, -0.15) is 0 Å². The van der Waals surface area contributed by atoms with Gasteiger partial charge in [-0.15, -0.1) is 47.9 Å². The standard InChI is InChI=1S/C20H27N3OS2.2ClH/c1-3-21-12-16-8-10-23(11-9-16)20(24)17-4-6-19(7-5-17)26-14-18-13-25-15(2)22-18;;/h4-7,13,16,21H,3,8-12,14H2,1-2H3;2*1H. The van der Waals surface area contributed by atoms with Crippen molar-refractivity contribution in [2.45, 2.75) is 37.3 Å². The van der Waals surface area contributed by atoms with E-state index in [4.69, 9.17) is 0 Å². The molecule has 1 fully saturated rings. The first-order chi connectivity index (χ1) is 12.7. The molecule has 8 heteroatoms. The maximum atomic E-state index is 12.7. The molecule has 156 valence electrons. The number of thioether (sulfide) groups is 1. The van der Waals surface area contributed by atoms with Crippen molar-refractivity contribution < 1.29 is 4.79 Å². The second-order valence-corrected chi connectivity index (χ2v) is 8.83. The number of thiazole rings is 1. The monoisotopic (exact) mass is 461 g/mol. The van der Waals surface area contributed by atoms with E-state index in [0.717, 1.165) is 61.0 Å². The van der Waals surface area contributed by atoms with Crippen LogP contribution in [-0.4, -0.2) is 42.0 Å². The lowest BCUT2D eigenvalue weighted by Crippen LogP contribution is -2.40. The quantitative estimate of drug-likeness (QED) is 0.585. The molecule has 1 saturated heterocycles. The number of hydrogen-bond acceptors (Lipinski definition) is 5. The third-order valence-electron chi connectivity index (χ3n) is 4.74. The summed E-state index contributed by atoms with van der Waals surface area (Å²) in [5.74, 6) is 1.74. The van der Waals surface area contributed by atoms with Gasteiger partial charge in [-0.3, -0.25) is 4.79 Å². The molecule has 1 aromatic carbocycles. The number of benzene rings is 1. The van der Waals surface area contributed by atoms with Crippen molar-refractivity contribution in [2.75, 3.05) is 26.2 Å². The molecule has 0 unspecified atom stereocenters. The van der Waals surface area contributed by atoms with E-state index < -0.39 is 0 Å². The first-order valence-electron chi connectivity index (χ1n) is 9.29. The highest BCUT2D eigenvalue weighted by Gasteiger charge is 2.23. The van der Waals surface area contributed by atoms with Crippen LogP contribution in [0.15, 0.2) is 34.5 Å². The van der Waals surface area contributed by atoms with Crippen molar-refractivity contribution in [3.63, 3.8) is 0 Å². The fourth-order valence-corrected chi connectivity index (χ4v) is 4.71. The Balaban J connectivity index is 0.00000196. The Morgan fingerprint density at radius 3 is 2.50 bits per heavy atom. The van der Waals surface area contributed by atoms with Crippen LogP contribution in [0.25, 0.3) is 0 Å². The first kappa shape index (κ1) is 25.2. The molecule has 1 aromatic heterocycles. The minimum atomic E-state index is 0. The lowest BCUT2D eigenvalue weighted by molar-refractivity contribution is 0.0690. The molecule has 0 radical (unpaired) electrons. The number of aromatic nitrogens is 1. The van der Waals surface area contributed by atoms with Crippen LogP contribution in [-0.2, 0) is 5.75 Å². The van der Waals surface area contributed by atoms with Gasteiger partial charge in [0.25, 0.3) is 5.91 Å². The summed E-state index contributed by atoms with van der Waals surface area (Å²) in [7, 11) is 0. The Morgan fingerprint density at radius 1 is 1.25 bits per heavy atom. The van der Waals surface area contributed by atoms with Crippen molar-refractivity contribution in [1.29, 1.82) is 0 Å². The third kappa shape index (κ3) is 7.23. The number of piperidine rings is 1. The maximum absolute atomic E-state index is 12.7. The fourth-order valence-electron chi connectivity index (χ4n) is 3.20. The van der Waals surface area contributed by atoms with Gasteiger partial charge in [0, 0.05) is 34.7 Å². The average molecular weight is 463 g/mol. The van der Waals surface area contributed by atoms with Crippen molar-refractivity contribution in [2.24, 2.45) is 5.92 Å². The van der Waals surface area contributed by atoms with E-state index in [1.807, 2.05) is 24.0 Å². The van der Waals surface area contributed by atoms with Gasteiger partial charge in [-0.1, -0.05) is 6.92 Å². The number of nitrogens with one attached hydrogen (secondary N) is 1. The van der Waals surface area contributed by atoms with E-state index >= 15 is 0 Å². The van der Waals surface area contributed by atoms with Crippen LogP contribution >= 0.6 is 47.9 Å². The van der Waals surface area contributed by atoms with Crippen LogP contribution in [0.5, 0.6) is 0 Å². The zero-order valence-electron chi connectivity index (χ0n) is 16.3. The van der Waals surface area contributed by atoms with E-state index in [-0.39, 0.29) is 30.7 Å². The van der Waals surface area contributed by atoms with Crippen molar-refractivity contribution in [3.05, 3.63) is 45.9 Å². The van der Waals surface area contributed by atoms with Gasteiger partial charge in [0.15, 0.2) is 0 Å². The number of carbonyl (C=O) groups is 1. The second-order valence-electron chi connectivity index (χ2n) is 6.71. The van der Waals surface area contributed by atoms with Crippen molar-refractivity contribution in [3.8, 4) is 0 Å². The summed E-state index contributed by atoms with van der Waals surface area (Å²) in [6.45, 7) is 8.00. The zero-order chi connectivity index (χ0) is 18.4. The Labute approximate surface area is 188 Å². The number of nitrogens with zero attached hydrogens (tertiary/aromatic N) is 2. The summed E-state index contributed by atoms with van der Waals surface area (Å²) in [6.07, 6.45) is 2.19. The third-order valence-corrected chi connectivity index (χ3v) is 6.61. The number of halogens is 2. The molecule has 0 spiro atoms. The maximum Gasteiger partial charge on any atom is 0.253 e. The first-order valence-corrected chi connectivity index (χ1v) is 11.2. The van der Waals surface area contributed by atoms with Gasteiger partial charge < -0.3 is 10.2 Å². The molecular weight excluding hydrogens is 433 g/mol.